The molecule has 0 bridgehead atoms. The first-order chi connectivity index (χ1) is 7.72. The first-order valence-corrected chi connectivity index (χ1v) is 4.51. The first-order valence-electron chi connectivity index (χ1n) is 4.51. The van der Waals surface area contributed by atoms with Crippen LogP contribution in [0.15, 0.2) is 18.2 Å². The molecule has 1 aromatic rings. The van der Waals surface area contributed by atoms with Gasteiger partial charge in [0.05, 0.1) is 23.4 Å². The van der Waals surface area contributed by atoms with E-state index in [1.165, 1.54) is 0 Å². The normalized spacial score (nSPS) is 8.56. The van der Waals surface area contributed by atoms with Gasteiger partial charge in [0, 0.05) is 5.69 Å². The third-order valence-corrected chi connectivity index (χ3v) is 2.04. The van der Waals surface area contributed by atoms with Gasteiger partial charge in [-0.2, -0.15) is 15.8 Å². The Bertz CT molecular complexity index is 485. The van der Waals surface area contributed by atoms with Crippen molar-refractivity contribution in [2.45, 2.75) is 0 Å². The zero-order valence-corrected chi connectivity index (χ0v) is 8.51. The van der Waals surface area contributed by atoms with E-state index < -0.39 is 0 Å². The zero-order chi connectivity index (χ0) is 12.0. The van der Waals surface area contributed by atoms with E-state index in [1.54, 1.807) is 23.1 Å². The van der Waals surface area contributed by atoms with Crippen LogP contribution in [0.5, 0.6) is 0 Å². The molecule has 0 fully saturated rings. The van der Waals surface area contributed by atoms with Crippen LogP contribution in [0.4, 0.5) is 11.4 Å². The minimum absolute atomic E-state index is 0.110. The van der Waals surface area contributed by atoms with Gasteiger partial charge in [-0.1, -0.05) is 0 Å². The lowest BCUT2D eigenvalue weighted by Gasteiger charge is -2.18. The van der Waals surface area contributed by atoms with Crippen LogP contribution in [0.3, 0.4) is 0 Å². The third kappa shape index (κ3) is 2.41. The molecule has 0 radical (unpaired) electrons. The molecule has 5 heteroatoms. The average Bonchev–Trinajstić information content (AvgIpc) is 2.28. The number of anilines is 2. The Morgan fingerprint density at radius 2 is 1.75 bits per heavy atom. The fourth-order valence-corrected chi connectivity index (χ4v) is 1.26. The average molecular weight is 211 g/mol. The fraction of sp³-hybridized carbons (Fsp3) is 0.182. The van der Waals surface area contributed by atoms with Gasteiger partial charge in [0.1, 0.15) is 19.2 Å². The van der Waals surface area contributed by atoms with Gasteiger partial charge in [-0.25, -0.2) is 0 Å². The molecule has 78 valence electrons. The lowest BCUT2D eigenvalue weighted by Crippen LogP contribution is -2.23. The number of nitrogens with two attached hydrogens (primary N) is 1. The van der Waals surface area contributed by atoms with Crippen molar-refractivity contribution in [2.75, 3.05) is 23.7 Å². The second-order valence-corrected chi connectivity index (χ2v) is 3.06. The molecule has 1 aromatic carbocycles. The summed E-state index contributed by atoms with van der Waals surface area (Å²) in [7, 11) is 0. The van der Waals surface area contributed by atoms with Gasteiger partial charge in [-0.3, -0.25) is 0 Å². The molecular formula is C11H9N5. The van der Waals surface area contributed by atoms with Crippen molar-refractivity contribution >= 4 is 11.4 Å². The monoisotopic (exact) mass is 211 g/mol. The van der Waals surface area contributed by atoms with Gasteiger partial charge in [-0.05, 0) is 18.2 Å². The minimum Gasteiger partial charge on any atom is -0.398 e. The summed E-state index contributed by atoms with van der Waals surface area (Å²) in [4.78, 5) is 1.58. The molecule has 2 N–H and O–H groups in total. The number of hydrogen-bond donors (Lipinski definition) is 1. The largest absolute Gasteiger partial charge is 0.398 e. The Kier molecular flexibility index (Phi) is 3.72. The summed E-state index contributed by atoms with van der Waals surface area (Å²) in [6, 6.07) is 10.7. The van der Waals surface area contributed by atoms with Crippen LogP contribution in [-0.2, 0) is 0 Å². The number of nitriles is 3. The van der Waals surface area contributed by atoms with Crippen molar-refractivity contribution in [1.82, 2.24) is 0 Å². The standard InChI is InChI=1S/C11H9N5/c12-3-5-16(6-4-13)10-2-1-9(8-14)11(15)7-10/h1-2,7H,5-6,15H2. The van der Waals surface area contributed by atoms with E-state index in [0.29, 0.717) is 16.9 Å². The van der Waals surface area contributed by atoms with Crippen molar-refractivity contribution in [2.24, 2.45) is 0 Å². The van der Waals surface area contributed by atoms with E-state index in [2.05, 4.69) is 0 Å². The number of rotatable bonds is 3. The molecule has 0 aliphatic carbocycles. The van der Waals surface area contributed by atoms with Gasteiger partial charge in [0.15, 0.2) is 0 Å². The SMILES string of the molecule is N#CCN(CC#N)c1ccc(C#N)c(N)c1. The van der Waals surface area contributed by atoms with E-state index in [-0.39, 0.29) is 13.1 Å². The quantitative estimate of drug-likeness (QED) is 0.593. The Morgan fingerprint density at radius 3 is 2.19 bits per heavy atom. The van der Waals surface area contributed by atoms with Crippen molar-refractivity contribution in [1.29, 1.82) is 15.8 Å². The molecule has 0 aliphatic heterocycles. The highest BCUT2D eigenvalue weighted by molar-refractivity contribution is 5.64. The summed E-state index contributed by atoms with van der Waals surface area (Å²) in [6.07, 6.45) is 0. The van der Waals surface area contributed by atoms with Crippen LogP contribution < -0.4 is 10.6 Å². The Labute approximate surface area is 93.5 Å². The van der Waals surface area contributed by atoms with Crippen LogP contribution in [0.2, 0.25) is 0 Å². The van der Waals surface area contributed by atoms with E-state index in [4.69, 9.17) is 21.5 Å². The zero-order valence-electron chi connectivity index (χ0n) is 8.51. The highest BCUT2D eigenvalue weighted by Gasteiger charge is 2.07. The summed E-state index contributed by atoms with van der Waals surface area (Å²) in [5, 5.41) is 25.9. The Hall–Kier alpha value is -2.71. The number of nitrogens with zero attached hydrogens (tertiary/aromatic N) is 4. The molecule has 0 heterocycles. The van der Waals surface area contributed by atoms with Crippen molar-refractivity contribution in [3.8, 4) is 18.2 Å². The molecule has 0 saturated carbocycles. The minimum atomic E-state index is 0.110. The fourth-order valence-electron chi connectivity index (χ4n) is 1.26. The van der Waals surface area contributed by atoms with Crippen LogP contribution in [-0.4, -0.2) is 13.1 Å². The molecule has 0 saturated heterocycles. The van der Waals surface area contributed by atoms with Crippen LogP contribution >= 0.6 is 0 Å². The molecule has 5 nitrogen and oxygen atoms in total. The second-order valence-electron chi connectivity index (χ2n) is 3.06. The molecule has 0 amide bonds. The summed E-state index contributed by atoms with van der Waals surface area (Å²) >= 11 is 0. The number of nitrogen functional groups attached to an aromatic ring is 1. The van der Waals surface area contributed by atoms with Gasteiger partial charge in [0.2, 0.25) is 0 Å². The van der Waals surface area contributed by atoms with Gasteiger partial charge in [-0.15, -0.1) is 0 Å². The maximum absolute atomic E-state index is 8.71. The van der Waals surface area contributed by atoms with Crippen LogP contribution in [0, 0.1) is 34.0 Å². The Balaban J connectivity index is 3.04. The number of benzene rings is 1. The maximum Gasteiger partial charge on any atom is 0.106 e. The topological polar surface area (TPSA) is 101 Å². The van der Waals surface area contributed by atoms with E-state index >= 15 is 0 Å². The van der Waals surface area contributed by atoms with Gasteiger partial charge >= 0.3 is 0 Å². The molecular weight excluding hydrogens is 202 g/mol. The van der Waals surface area contributed by atoms with E-state index in [1.807, 2.05) is 18.2 Å². The predicted molar refractivity (Wildman–Crippen MR) is 59.0 cm³/mol. The lowest BCUT2D eigenvalue weighted by molar-refractivity contribution is 0.967. The smallest absolute Gasteiger partial charge is 0.106 e. The van der Waals surface area contributed by atoms with Gasteiger partial charge in [0.25, 0.3) is 0 Å². The molecule has 1 rings (SSSR count). The molecule has 0 spiro atoms. The maximum atomic E-state index is 8.71. The third-order valence-electron chi connectivity index (χ3n) is 2.04. The van der Waals surface area contributed by atoms with Crippen molar-refractivity contribution in [3.05, 3.63) is 23.8 Å². The van der Waals surface area contributed by atoms with Crippen molar-refractivity contribution < 1.29 is 0 Å². The molecule has 0 aliphatic rings. The molecule has 0 unspecified atom stereocenters. The summed E-state index contributed by atoms with van der Waals surface area (Å²) < 4.78 is 0. The summed E-state index contributed by atoms with van der Waals surface area (Å²) in [5.41, 5.74) is 7.05. The number of hydrogen-bond acceptors (Lipinski definition) is 5. The summed E-state index contributed by atoms with van der Waals surface area (Å²) in [5.74, 6) is 0. The molecule has 0 atom stereocenters. The van der Waals surface area contributed by atoms with E-state index in [0.717, 1.165) is 0 Å². The Morgan fingerprint density at radius 1 is 1.12 bits per heavy atom. The van der Waals surface area contributed by atoms with Crippen LogP contribution in [0.1, 0.15) is 5.56 Å². The molecule has 16 heavy (non-hydrogen) atoms. The van der Waals surface area contributed by atoms with Crippen LogP contribution in [0.25, 0.3) is 0 Å². The van der Waals surface area contributed by atoms with Crippen molar-refractivity contribution in [3.63, 3.8) is 0 Å². The van der Waals surface area contributed by atoms with E-state index in [9.17, 15) is 0 Å². The lowest BCUT2D eigenvalue weighted by atomic mass is 10.1. The highest BCUT2D eigenvalue weighted by atomic mass is 15.1. The predicted octanol–water partition coefficient (Wildman–Crippen LogP) is 0.994. The second kappa shape index (κ2) is 5.24. The highest BCUT2D eigenvalue weighted by Crippen LogP contribution is 2.20. The van der Waals surface area contributed by atoms with Gasteiger partial charge < -0.3 is 10.6 Å². The molecule has 0 aromatic heterocycles. The first kappa shape index (κ1) is 11.4. The summed E-state index contributed by atoms with van der Waals surface area (Å²) in [6.45, 7) is 0.220.